The van der Waals surface area contributed by atoms with E-state index in [-0.39, 0.29) is 0 Å². The summed E-state index contributed by atoms with van der Waals surface area (Å²) < 4.78 is 0. The van der Waals surface area contributed by atoms with Crippen molar-refractivity contribution in [2.45, 2.75) is 0 Å². The standard InChI is InChI=1S/C13H7ClN6/c14-11-5-12(8-16-7-11)20-18-13(17-19-20)10-3-1-2-9(4-10)6-15/h1-5,7-8H. The number of aromatic nitrogens is 5. The summed E-state index contributed by atoms with van der Waals surface area (Å²) >= 11 is 5.87. The summed E-state index contributed by atoms with van der Waals surface area (Å²) in [6.45, 7) is 0. The van der Waals surface area contributed by atoms with Crippen LogP contribution in [0.1, 0.15) is 5.56 Å². The number of hydrogen-bond donors (Lipinski definition) is 0. The highest BCUT2D eigenvalue weighted by Crippen LogP contribution is 2.16. The van der Waals surface area contributed by atoms with Gasteiger partial charge in [0.15, 0.2) is 0 Å². The van der Waals surface area contributed by atoms with E-state index in [1.807, 2.05) is 6.07 Å². The summed E-state index contributed by atoms with van der Waals surface area (Å²) in [6.07, 6.45) is 3.11. The van der Waals surface area contributed by atoms with Crippen LogP contribution in [0.15, 0.2) is 42.7 Å². The van der Waals surface area contributed by atoms with Gasteiger partial charge in [-0.25, -0.2) is 0 Å². The van der Waals surface area contributed by atoms with Crippen molar-refractivity contribution in [3.8, 4) is 23.1 Å². The smallest absolute Gasteiger partial charge is 0.205 e. The van der Waals surface area contributed by atoms with Crippen molar-refractivity contribution in [2.24, 2.45) is 0 Å². The van der Waals surface area contributed by atoms with Crippen LogP contribution in [-0.4, -0.2) is 25.2 Å². The van der Waals surface area contributed by atoms with E-state index in [0.29, 0.717) is 22.1 Å². The van der Waals surface area contributed by atoms with Crippen LogP contribution in [0.25, 0.3) is 17.1 Å². The van der Waals surface area contributed by atoms with Crippen molar-refractivity contribution in [2.75, 3.05) is 0 Å². The van der Waals surface area contributed by atoms with Crippen LogP contribution in [0.5, 0.6) is 0 Å². The third-order valence-corrected chi connectivity index (χ3v) is 2.79. The summed E-state index contributed by atoms with van der Waals surface area (Å²) in [5, 5.41) is 21.6. The molecule has 2 heterocycles. The largest absolute Gasteiger partial charge is 0.261 e. The molecular weight excluding hydrogens is 276 g/mol. The molecule has 0 N–H and O–H groups in total. The van der Waals surface area contributed by atoms with Gasteiger partial charge in [0.1, 0.15) is 5.69 Å². The predicted molar refractivity (Wildman–Crippen MR) is 72.1 cm³/mol. The third-order valence-electron chi connectivity index (χ3n) is 2.58. The van der Waals surface area contributed by atoms with E-state index in [1.54, 1.807) is 30.5 Å². The summed E-state index contributed by atoms with van der Waals surface area (Å²) in [6, 6.07) is 10.8. The van der Waals surface area contributed by atoms with Gasteiger partial charge in [-0.15, -0.1) is 15.0 Å². The topological polar surface area (TPSA) is 80.3 Å². The maximum Gasteiger partial charge on any atom is 0.205 e. The second-order valence-corrected chi connectivity index (χ2v) is 4.39. The molecule has 0 aliphatic heterocycles. The molecule has 2 aromatic heterocycles. The summed E-state index contributed by atoms with van der Waals surface area (Å²) in [4.78, 5) is 5.31. The molecule has 20 heavy (non-hydrogen) atoms. The molecular formula is C13H7ClN6. The Labute approximate surface area is 119 Å². The number of hydrogen-bond acceptors (Lipinski definition) is 5. The fourth-order valence-electron chi connectivity index (χ4n) is 1.68. The van der Waals surface area contributed by atoms with E-state index >= 15 is 0 Å². The molecule has 7 heteroatoms. The number of tetrazole rings is 1. The van der Waals surface area contributed by atoms with Crippen LogP contribution in [0.2, 0.25) is 5.02 Å². The number of rotatable bonds is 2. The monoisotopic (exact) mass is 282 g/mol. The highest BCUT2D eigenvalue weighted by atomic mass is 35.5. The molecule has 0 aliphatic carbocycles. The van der Waals surface area contributed by atoms with Crippen LogP contribution < -0.4 is 0 Å². The van der Waals surface area contributed by atoms with E-state index in [1.165, 1.54) is 11.0 Å². The molecule has 0 unspecified atom stereocenters. The number of pyridine rings is 1. The SMILES string of the molecule is N#Cc1cccc(-c2nnn(-c3cncc(Cl)c3)n2)c1. The zero-order valence-corrected chi connectivity index (χ0v) is 10.9. The first-order valence-corrected chi connectivity index (χ1v) is 6.05. The highest BCUT2D eigenvalue weighted by Gasteiger charge is 2.08. The fourth-order valence-corrected chi connectivity index (χ4v) is 1.85. The summed E-state index contributed by atoms with van der Waals surface area (Å²) in [5.74, 6) is 0.432. The van der Waals surface area contributed by atoms with Crippen LogP contribution in [0, 0.1) is 11.3 Å². The Morgan fingerprint density at radius 3 is 2.90 bits per heavy atom. The van der Waals surface area contributed by atoms with Crippen molar-refractivity contribution in [3.63, 3.8) is 0 Å². The molecule has 0 saturated carbocycles. The second kappa shape index (κ2) is 5.07. The number of halogens is 1. The summed E-state index contributed by atoms with van der Waals surface area (Å²) in [5.41, 5.74) is 1.89. The maximum absolute atomic E-state index is 8.89. The first-order chi connectivity index (χ1) is 9.76. The van der Waals surface area contributed by atoms with E-state index in [0.717, 1.165) is 5.56 Å². The molecule has 3 rings (SSSR count). The van der Waals surface area contributed by atoms with E-state index in [2.05, 4.69) is 26.5 Å². The first-order valence-electron chi connectivity index (χ1n) is 5.68. The minimum absolute atomic E-state index is 0.432. The Kier molecular flexibility index (Phi) is 3.11. The predicted octanol–water partition coefficient (Wildman–Crippen LogP) is 2.25. The van der Waals surface area contributed by atoms with E-state index in [9.17, 15) is 0 Å². The molecule has 3 aromatic rings. The van der Waals surface area contributed by atoms with Crippen molar-refractivity contribution < 1.29 is 0 Å². The van der Waals surface area contributed by atoms with Gasteiger partial charge in [-0.1, -0.05) is 23.7 Å². The minimum atomic E-state index is 0.432. The van der Waals surface area contributed by atoms with Gasteiger partial charge in [0.25, 0.3) is 0 Å². The maximum atomic E-state index is 8.89. The molecule has 0 bridgehead atoms. The highest BCUT2D eigenvalue weighted by molar-refractivity contribution is 6.30. The molecule has 0 radical (unpaired) electrons. The quantitative estimate of drug-likeness (QED) is 0.720. The van der Waals surface area contributed by atoms with Crippen LogP contribution >= 0.6 is 11.6 Å². The van der Waals surface area contributed by atoms with Gasteiger partial charge >= 0.3 is 0 Å². The average Bonchev–Trinajstić information content (AvgIpc) is 2.97. The lowest BCUT2D eigenvalue weighted by Gasteiger charge is -1.97. The summed E-state index contributed by atoms with van der Waals surface area (Å²) in [7, 11) is 0. The Hall–Kier alpha value is -2.78. The van der Waals surface area contributed by atoms with Crippen molar-refractivity contribution >= 4 is 11.6 Å². The van der Waals surface area contributed by atoms with Gasteiger partial charge < -0.3 is 0 Å². The zero-order valence-electron chi connectivity index (χ0n) is 10.1. The lowest BCUT2D eigenvalue weighted by atomic mass is 10.1. The first kappa shape index (κ1) is 12.3. The molecule has 6 nitrogen and oxygen atoms in total. The lowest BCUT2D eigenvalue weighted by molar-refractivity contribution is 0.717. The average molecular weight is 283 g/mol. The van der Waals surface area contributed by atoms with Crippen LogP contribution in [-0.2, 0) is 0 Å². The van der Waals surface area contributed by atoms with E-state index < -0.39 is 0 Å². The van der Waals surface area contributed by atoms with Gasteiger partial charge in [0, 0.05) is 11.8 Å². The van der Waals surface area contributed by atoms with Crippen molar-refractivity contribution in [1.29, 1.82) is 5.26 Å². The third kappa shape index (κ3) is 2.35. The Morgan fingerprint density at radius 1 is 1.20 bits per heavy atom. The van der Waals surface area contributed by atoms with Crippen LogP contribution in [0.3, 0.4) is 0 Å². The Bertz CT molecular complexity index is 804. The number of nitriles is 1. The molecule has 0 atom stereocenters. The van der Waals surface area contributed by atoms with Gasteiger partial charge in [0.05, 0.1) is 22.9 Å². The molecule has 1 aromatic carbocycles. The number of nitrogens with zero attached hydrogens (tertiary/aromatic N) is 6. The fraction of sp³-hybridized carbons (Fsp3) is 0. The normalized spacial score (nSPS) is 10.2. The van der Waals surface area contributed by atoms with Gasteiger partial charge in [0.2, 0.25) is 5.82 Å². The van der Waals surface area contributed by atoms with Crippen molar-refractivity contribution in [1.82, 2.24) is 25.2 Å². The van der Waals surface area contributed by atoms with Gasteiger partial charge in [-0.3, -0.25) is 4.98 Å². The zero-order chi connectivity index (χ0) is 13.9. The van der Waals surface area contributed by atoms with Gasteiger partial charge in [-0.05, 0) is 23.4 Å². The molecule has 0 amide bonds. The van der Waals surface area contributed by atoms with Crippen molar-refractivity contribution in [3.05, 3.63) is 53.3 Å². The second-order valence-electron chi connectivity index (χ2n) is 3.96. The molecule has 0 fully saturated rings. The lowest BCUT2D eigenvalue weighted by Crippen LogP contribution is -1.99. The Balaban J connectivity index is 2.00. The minimum Gasteiger partial charge on any atom is -0.261 e. The van der Waals surface area contributed by atoms with Crippen LogP contribution in [0.4, 0.5) is 0 Å². The molecule has 0 aliphatic rings. The molecule has 0 saturated heterocycles. The van der Waals surface area contributed by atoms with E-state index in [4.69, 9.17) is 16.9 Å². The van der Waals surface area contributed by atoms with Gasteiger partial charge in [-0.2, -0.15) is 5.26 Å². The Morgan fingerprint density at radius 2 is 2.10 bits per heavy atom. The molecule has 0 spiro atoms. The molecule has 96 valence electrons. The number of benzene rings is 1.